The van der Waals surface area contributed by atoms with Gasteiger partial charge in [-0.1, -0.05) is 6.42 Å². The van der Waals surface area contributed by atoms with Crippen molar-refractivity contribution in [1.29, 1.82) is 0 Å². The highest BCUT2D eigenvalue weighted by Crippen LogP contribution is 2.43. The van der Waals surface area contributed by atoms with E-state index < -0.39 is 19.8 Å². The summed E-state index contributed by atoms with van der Waals surface area (Å²) in [5.41, 5.74) is 0. The van der Waals surface area contributed by atoms with Gasteiger partial charge in [-0.15, -0.1) is 0 Å². The van der Waals surface area contributed by atoms with E-state index in [1.807, 2.05) is 21.1 Å². The summed E-state index contributed by atoms with van der Waals surface area (Å²) >= 11 is 0. The molecule has 1 rings (SSSR count). The monoisotopic (exact) mass is 395 g/mol. The van der Waals surface area contributed by atoms with Crippen molar-refractivity contribution in [2.24, 2.45) is 0 Å². The molecule has 1 aliphatic heterocycles. The number of carbonyl (C=O) groups excluding carboxylic acids is 1. The SMILES string of the molecule is C[N+](C)(C)CCOP(=O)(O)OCCCCCC(=O)N1CCC[C@@H]1C(=O)O. The molecule has 152 valence electrons. The van der Waals surface area contributed by atoms with Crippen LogP contribution in [0.3, 0.4) is 0 Å². The number of phosphoric ester groups is 1. The second-order valence-electron chi connectivity index (χ2n) is 7.54. The van der Waals surface area contributed by atoms with Crippen LogP contribution in [0.15, 0.2) is 0 Å². The van der Waals surface area contributed by atoms with Gasteiger partial charge in [0.25, 0.3) is 0 Å². The van der Waals surface area contributed by atoms with Crippen LogP contribution in [0.5, 0.6) is 0 Å². The summed E-state index contributed by atoms with van der Waals surface area (Å²) in [6.07, 6.45) is 3.27. The number of likely N-dealkylation sites (N-methyl/N-ethyl adjacent to an activating group) is 1. The third-order valence-electron chi connectivity index (χ3n) is 4.16. The van der Waals surface area contributed by atoms with Gasteiger partial charge in [-0.3, -0.25) is 13.8 Å². The molecule has 1 aliphatic rings. The molecule has 0 saturated carbocycles. The molecular formula is C16H32N2O7P+. The molecule has 0 aromatic carbocycles. The Kier molecular flexibility index (Phi) is 9.19. The number of rotatable bonds is 12. The molecule has 26 heavy (non-hydrogen) atoms. The quantitative estimate of drug-likeness (QED) is 0.292. The number of carboxylic acid groups (broad SMARTS) is 1. The lowest BCUT2D eigenvalue weighted by Crippen LogP contribution is -2.40. The number of hydrogen-bond donors (Lipinski definition) is 2. The zero-order valence-corrected chi connectivity index (χ0v) is 16.8. The topological polar surface area (TPSA) is 113 Å². The van der Waals surface area contributed by atoms with Crippen molar-refractivity contribution in [3.05, 3.63) is 0 Å². The molecule has 1 fully saturated rings. The summed E-state index contributed by atoms with van der Waals surface area (Å²) in [7, 11) is 1.83. The average Bonchev–Trinajstić information content (AvgIpc) is 2.98. The Morgan fingerprint density at radius 1 is 1.15 bits per heavy atom. The van der Waals surface area contributed by atoms with Crippen LogP contribution in [0.4, 0.5) is 0 Å². The Hall–Kier alpha value is -0.990. The van der Waals surface area contributed by atoms with Crippen LogP contribution in [-0.4, -0.2) is 84.7 Å². The first kappa shape index (κ1) is 23.0. The maximum absolute atomic E-state index is 12.1. The fourth-order valence-corrected chi connectivity index (χ4v) is 3.41. The predicted molar refractivity (Wildman–Crippen MR) is 95.5 cm³/mol. The minimum absolute atomic E-state index is 0.0772. The summed E-state index contributed by atoms with van der Waals surface area (Å²) < 4.78 is 22.1. The van der Waals surface area contributed by atoms with Gasteiger partial charge in [0.05, 0.1) is 27.7 Å². The van der Waals surface area contributed by atoms with Gasteiger partial charge < -0.3 is 19.4 Å². The van der Waals surface area contributed by atoms with Crippen LogP contribution >= 0.6 is 7.82 Å². The van der Waals surface area contributed by atoms with E-state index in [0.29, 0.717) is 43.3 Å². The second kappa shape index (κ2) is 10.4. The summed E-state index contributed by atoms with van der Waals surface area (Å²) in [5.74, 6) is -1.10. The van der Waals surface area contributed by atoms with Gasteiger partial charge in [0, 0.05) is 13.0 Å². The smallest absolute Gasteiger partial charge is 0.472 e. The molecule has 1 unspecified atom stereocenters. The first-order valence-electron chi connectivity index (χ1n) is 8.96. The first-order valence-corrected chi connectivity index (χ1v) is 10.5. The van der Waals surface area contributed by atoms with Gasteiger partial charge in [0.2, 0.25) is 5.91 Å². The molecule has 0 spiro atoms. The molecule has 0 aromatic heterocycles. The highest BCUT2D eigenvalue weighted by molar-refractivity contribution is 7.47. The van der Waals surface area contributed by atoms with Crippen molar-refractivity contribution < 1.29 is 37.7 Å². The van der Waals surface area contributed by atoms with Crippen molar-refractivity contribution >= 4 is 19.7 Å². The largest absolute Gasteiger partial charge is 0.480 e. The van der Waals surface area contributed by atoms with E-state index in [0.717, 1.165) is 6.42 Å². The average molecular weight is 395 g/mol. The van der Waals surface area contributed by atoms with Crippen LogP contribution in [0.2, 0.25) is 0 Å². The van der Waals surface area contributed by atoms with E-state index in [9.17, 15) is 19.0 Å². The number of quaternary nitrogens is 1. The molecule has 1 saturated heterocycles. The Morgan fingerprint density at radius 3 is 2.42 bits per heavy atom. The Balaban J connectivity index is 2.14. The summed E-state index contributed by atoms with van der Waals surface area (Å²) in [4.78, 5) is 34.2. The van der Waals surface area contributed by atoms with Gasteiger partial charge >= 0.3 is 13.8 Å². The third-order valence-corrected chi connectivity index (χ3v) is 5.18. The number of likely N-dealkylation sites (tertiary alicyclic amines) is 1. The van der Waals surface area contributed by atoms with Gasteiger partial charge in [0.1, 0.15) is 19.2 Å². The van der Waals surface area contributed by atoms with Crippen LogP contribution in [0.1, 0.15) is 38.5 Å². The number of nitrogens with zero attached hydrogens (tertiary/aromatic N) is 2. The van der Waals surface area contributed by atoms with E-state index in [4.69, 9.17) is 14.2 Å². The molecular weight excluding hydrogens is 363 g/mol. The lowest BCUT2D eigenvalue weighted by molar-refractivity contribution is -0.870. The van der Waals surface area contributed by atoms with E-state index in [-0.39, 0.29) is 25.5 Å². The Bertz CT molecular complexity index is 521. The van der Waals surface area contributed by atoms with Gasteiger partial charge in [-0.2, -0.15) is 0 Å². The number of unbranched alkanes of at least 4 members (excludes halogenated alkanes) is 2. The zero-order chi connectivity index (χ0) is 19.8. The number of hydrogen-bond acceptors (Lipinski definition) is 5. The summed E-state index contributed by atoms with van der Waals surface area (Å²) in [5, 5.41) is 9.08. The zero-order valence-electron chi connectivity index (χ0n) is 15.9. The van der Waals surface area contributed by atoms with Crippen molar-refractivity contribution in [3.8, 4) is 0 Å². The molecule has 0 radical (unpaired) electrons. The minimum Gasteiger partial charge on any atom is -0.480 e. The van der Waals surface area contributed by atoms with E-state index in [1.165, 1.54) is 4.90 Å². The number of aliphatic carboxylic acids is 1. The Morgan fingerprint density at radius 2 is 1.81 bits per heavy atom. The molecule has 9 nitrogen and oxygen atoms in total. The highest BCUT2D eigenvalue weighted by atomic mass is 31.2. The third kappa shape index (κ3) is 9.09. The molecule has 1 heterocycles. The number of amides is 1. The fourth-order valence-electron chi connectivity index (χ4n) is 2.67. The maximum Gasteiger partial charge on any atom is 0.472 e. The molecule has 2 atom stereocenters. The summed E-state index contributed by atoms with van der Waals surface area (Å²) in [6, 6.07) is -0.699. The van der Waals surface area contributed by atoms with Crippen molar-refractivity contribution in [3.63, 3.8) is 0 Å². The highest BCUT2D eigenvalue weighted by Gasteiger charge is 2.33. The minimum atomic E-state index is -4.03. The van der Waals surface area contributed by atoms with E-state index in [1.54, 1.807) is 0 Å². The van der Waals surface area contributed by atoms with Crippen LogP contribution in [-0.2, 0) is 23.2 Å². The van der Waals surface area contributed by atoms with Crippen molar-refractivity contribution in [2.45, 2.75) is 44.6 Å². The summed E-state index contributed by atoms with van der Waals surface area (Å²) in [6.45, 7) is 1.29. The molecule has 0 bridgehead atoms. The standard InChI is InChI=1S/C16H31N2O7P/c1-18(2,3)11-13-25-26(22,23)24-12-6-4-5-9-15(19)17-10-7-8-14(17)16(20)21/h14H,4-13H2,1-3H3,(H-,20,21,22,23)/p+1/t14-/m1/s1. The van der Waals surface area contributed by atoms with Crippen molar-refractivity contribution in [1.82, 2.24) is 4.90 Å². The van der Waals surface area contributed by atoms with E-state index in [2.05, 4.69) is 0 Å². The van der Waals surface area contributed by atoms with Gasteiger partial charge in [0.15, 0.2) is 0 Å². The van der Waals surface area contributed by atoms with Crippen LogP contribution < -0.4 is 0 Å². The molecule has 0 aliphatic carbocycles. The number of carbonyl (C=O) groups is 2. The van der Waals surface area contributed by atoms with Gasteiger partial charge in [-0.25, -0.2) is 9.36 Å². The molecule has 0 aromatic rings. The maximum atomic E-state index is 12.1. The lowest BCUT2D eigenvalue weighted by Gasteiger charge is -2.24. The lowest BCUT2D eigenvalue weighted by atomic mass is 10.1. The van der Waals surface area contributed by atoms with Gasteiger partial charge in [-0.05, 0) is 25.7 Å². The first-order chi connectivity index (χ1) is 12.0. The Labute approximate surface area is 155 Å². The predicted octanol–water partition coefficient (Wildman–Crippen LogP) is 1.46. The molecule has 1 amide bonds. The second-order valence-corrected chi connectivity index (χ2v) is 9.00. The number of phosphoric acid groups is 1. The van der Waals surface area contributed by atoms with Crippen LogP contribution in [0, 0.1) is 0 Å². The normalized spacial score (nSPS) is 20.2. The molecule has 2 N–H and O–H groups in total. The van der Waals surface area contributed by atoms with Crippen molar-refractivity contribution in [2.75, 3.05) is 47.4 Å². The van der Waals surface area contributed by atoms with Crippen LogP contribution in [0.25, 0.3) is 0 Å². The fraction of sp³-hybridized carbons (Fsp3) is 0.875. The molecule has 10 heteroatoms. The van der Waals surface area contributed by atoms with E-state index >= 15 is 0 Å². The number of carboxylic acids is 1.